The second-order valence-corrected chi connectivity index (χ2v) is 5.75. The molecule has 0 aliphatic rings. The number of aryl methyl sites for hydroxylation is 1. The number of benzene rings is 3. The highest BCUT2D eigenvalue weighted by molar-refractivity contribution is 6.08. The SMILES string of the molecule is Cc1ccc(-c2ccccc2C(=O)Nc2ccc(C(=O)O)cc2)cc1. The van der Waals surface area contributed by atoms with E-state index in [2.05, 4.69) is 5.32 Å². The Kier molecular flexibility index (Phi) is 4.61. The van der Waals surface area contributed by atoms with Crippen LogP contribution in [-0.4, -0.2) is 17.0 Å². The summed E-state index contributed by atoms with van der Waals surface area (Å²) in [6.45, 7) is 2.02. The van der Waals surface area contributed by atoms with Crippen LogP contribution in [0.2, 0.25) is 0 Å². The minimum atomic E-state index is -0.998. The maximum Gasteiger partial charge on any atom is 0.335 e. The summed E-state index contributed by atoms with van der Waals surface area (Å²) in [6, 6.07) is 21.5. The quantitative estimate of drug-likeness (QED) is 0.733. The standard InChI is InChI=1S/C21H17NO3/c1-14-6-8-15(9-7-14)18-4-2-3-5-19(18)20(23)22-17-12-10-16(11-13-17)21(24)25/h2-13H,1H3,(H,22,23)(H,24,25). The molecule has 0 aliphatic heterocycles. The molecule has 4 heteroatoms. The van der Waals surface area contributed by atoms with Crippen LogP contribution in [0.25, 0.3) is 11.1 Å². The van der Waals surface area contributed by atoms with Crippen molar-refractivity contribution in [1.29, 1.82) is 0 Å². The van der Waals surface area contributed by atoms with Gasteiger partial charge in [-0.3, -0.25) is 4.79 Å². The molecule has 0 aliphatic carbocycles. The van der Waals surface area contributed by atoms with Gasteiger partial charge < -0.3 is 10.4 Å². The molecule has 0 saturated heterocycles. The molecule has 0 radical (unpaired) electrons. The van der Waals surface area contributed by atoms with Gasteiger partial charge in [-0.15, -0.1) is 0 Å². The van der Waals surface area contributed by atoms with Crippen molar-refractivity contribution in [1.82, 2.24) is 0 Å². The van der Waals surface area contributed by atoms with Crippen molar-refractivity contribution in [2.75, 3.05) is 5.32 Å². The molecule has 3 aromatic rings. The number of nitrogens with one attached hydrogen (secondary N) is 1. The Morgan fingerprint density at radius 3 is 2.12 bits per heavy atom. The summed E-state index contributed by atoms with van der Waals surface area (Å²) in [4.78, 5) is 23.6. The summed E-state index contributed by atoms with van der Waals surface area (Å²) in [5, 5.41) is 11.7. The van der Waals surface area contributed by atoms with Crippen LogP contribution in [0.4, 0.5) is 5.69 Å². The zero-order valence-corrected chi connectivity index (χ0v) is 13.7. The third-order valence-corrected chi connectivity index (χ3v) is 3.92. The predicted octanol–water partition coefficient (Wildman–Crippen LogP) is 4.61. The van der Waals surface area contributed by atoms with Crippen molar-refractivity contribution in [2.45, 2.75) is 6.92 Å². The normalized spacial score (nSPS) is 10.3. The smallest absolute Gasteiger partial charge is 0.335 e. The summed E-state index contributed by atoms with van der Waals surface area (Å²) >= 11 is 0. The van der Waals surface area contributed by atoms with Gasteiger partial charge in [0.15, 0.2) is 0 Å². The van der Waals surface area contributed by atoms with E-state index >= 15 is 0 Å². The monoisotopic (exact) mass is 331 g/mol. The predicted molar refractivity (Wildman–Crippen MR) is 98.0 cm³/mol. The Morgan fingerprint density at radius 1 is 0.840 bits per heavy atom. The molecule has 3 aromatic carbocycles. The van der Waals surface area contributed by atoms with E-state index in [0.717, 1.165) is 16.7 Å². The van der Waals surface area contributed by atoms with Gasteiger partial charge in [-0.1, -0.05) is 48.0 Å². The lowest BCUT2D eigenvalue weighted by atomic mass is 9.98. The lowest BCUT2D eigenvalue weighted by Crippen LogP contribution is -2.13. The van der Waals surface area contributed by atoms with Gasteiger partial charge in [-0.05, 0) is 48.4 Å². The number of carbonyl (C=O) groups is 2. The summed E-state index contributed by atoms with van der Waals surface area (Å²) in [5.74, 6) is -1.23. The van der Waals surface area contributed by atoms with E-state index < -0.39 is 5.97 Å². The molecule has 0 bridgehead atoms. The van der Waals surface area contributed by atoms with Crippen LogP contribution in [0.5, 0.6) is 0 Å². The molecule has 0 atom stereocenters. The summed E-state index contributed by atoms with van der Waals surface area (Å²) in [6.07, 6.45) is 0. The van der Waals surface area contributed by atoms with Gasteiger partial charge in [0.05, 0.1) is 5.56 Å². The molecular formula is C21H17NO3. The first-order valence-electron chi connectivity index (χ1n) is 7.85. The highest BCUT2D eigenvalue weighted by Gasteiger charge is 2.13. The zero-order valence-electron chi connectivity index (χ0n) is 13.7. The van der Waals surface area contributed by atoms with Gasteiger partial charge in [0.1, 0.15) is 0 Å². The van der Waals surface area contributed by atoms with E-state index in [9.17, 15) is 9.59 Å². The number of rotatable bonds is 4. The Balaban J connectivity index is 1.87. The van der Waals surface area contributed by atoms with Crippen LogP contribution in [0.1, 0.15) is 26.3 Å². The molecule has 25 heavy (non-hydrogen) atoms. The fourth-order valence-electron chi connectivity index (χ4n) is 2.56. The Morgan fingerprint density at radius 2 is 1.48 bits per heavy atom. The molecular weight excluding hydrogens is 314 g/mol. The molecule has 0 aromatic heterocycles. The van der Waals surface area contributed by atoms with E-state index in [-0.39, 0.29) is 11.5 Å². The van der Waals surface area contributed by atoms with Crippen LogP contribution >= 0.6 is 0 Å². The molecule has 0 unspecified atom stereocenters. The number of carbonyl (C=O) groups excluding carboxylic acids is 1. The summed E-state index contributed by atoms with van der Waals surface area (Å²) in [5.41, 5.74) is 4.27. The minimum absolute atomic E-state index is 0.179. The first kappa shape index (κ1) is 16.5. The summed E-state index contributed by atoms with van der Waals surface area (Å²) in [7, 11) is 0. The molecule has 1 amide bonds. The number of carboxylic acid groups (broad SMARTS) is 1. The first-order chi connectivity index (χ1) is 12.0. The Bertz CT molecular complexity index is 913. The second-order valence-electron chi connectivity index (χ2n) is 5.75. The molecule has 0 saturated carbocycles. The van der Waals surface area contributed by atoms with Gasteiger partial charge in [0, 0.05) is 11.3 Å². The topological polar surface area (TPSA) is 66.4 Å². The number of hydrogen-bond donors (Lipinski definition) is 2. The van der Waals surface area contributed by atoms with Crippen molar-refractivity contribution >= 4 is 17.6 Å². The van der Waals surface area contributed by atoms with E-state index in [1.54, 1.807) is 18.2 Å². The molecule has 124 valence electrons. The molecule has 2 N–H and O–H groups in total. The highest BCUT2D eigenvalue weighted by atomic mass is 16.4. The van der Waals surface area contributed by atoms with Crippen LogP contribution in [0.3, 0.4) is 0 Å². The third kappa shape index (κ3) is 3.75. The number of carboxylic acids is 1. The fourth-order valence-corrected chi connectivity index (χ4v) is 2.56. The second kappa shape index (κ2) is 7.01. The lowest BCUT2D eigenvalue weighted by Gasteiger charge is -2.11. The number of hydrogen-bond acceptors (Lipinski definition) is 2. The van der Waals surface area contributed by atoms with E-state index in [0.29, 0.717) is 11.3 Å². The highest BCUT2D eigenvalue weighted by Crippen LogP contribution is 2.25. The Labute approximate surface area is 145 Å². The zero-order chi connectivity index (χ0) is 17.8. The third-order valence-electron chi connectivity index (χ3n) is 3.92. The van der Waals surface area contributed by atoms with Crippen molar-refractivity contribution in [2.24, 2.45) is 0 Å². The minimum Gasteiger partial charge on any atom is -0.478 e. The number of amides is 1. The average molecular weight is 331 g/mol. The summed E-state index contributed by atoms with van der Waals surface area (Å²) < 4.78 is 0. The molecule has 0 fully saturated rings. The first-order valence-corrected chi connectivity index (χ1v) is 7.85. The molecule has 0 spiro atoms. The maximum atomic E-state index is 12.7. The number of aromatic carboxylic acids is 1. The maximum absolute atomic E-state index is 12.7. The Hall–Kier alpha value is -3.40. The van der Waals surface area contributed by atoms with E-state index in [4.69, 9.17) is 5.11 Å². The van der Waals surface area contributed by atoms with Gasteiger partial charge in [-0.25, -0.2) is 4.79 Å². The van der Waals surface area contributed by atoms with Crippen LogP contribution in [-0.2, 0) is 0 Å². The van der Waals surface area contributed by atoms with E-state index in [1.807, 2.05) is 49.4 Å². The van der Waals surface area contributed by atoms with Gasteiger partial charge in [-0.2, -0.15) is 0 Å². The van der Waals surface area contributed by atoms with Crippen molar-refractivity contribution in [3.63, 3.8) is 0 Å². The molecule has 0 heterocycles. The van der Waals surface area contributed by atoms with Gasteiger partial charge in [0.25, 0.3) is 5.91 Å². The van der Waals surface area contributed by atoms with Gasteiger partial charge >= 0.3 is 5.97 Å². The van der Waals surface area contributed by atoms with Gasteiger partial charge in [0.2, 0.25) is 0 Å². The fraction of sp³-hybridized carbons (Fsp3) is 0.0476. The van der Waals surface area contributed by atoms with Crippen molar-refractivity contribution in [3.05, 3.63) is 89.5 Å². The molecule has 3 rings (SSSR count). The lowest BCUT2D eigenvalue weighted by molar-refractivity contribution is 0.0696. The van der Waals surface area contributed by atoms with Crippen LogP contribution < -0.4 is 5.32 Å². The average Bonchev–Trinajstić information content (AvgIpc) is 2.63. The number of anilines is 1. The van der Waals surface area contributed by atoms with Crippen molar-refractivity contribution < 1.29 is 14.7 Å². The van der Waals surface area contributed by atoms with Crippen LogP contribution in [0.15, 0.2) is 72.8 Å². The van der Waals surface area contributed by atoms with E-state index in [1.165, 1.54) is 12.1 Å². The molecule has 4 nitrogen and oxygen atoms in total. The van der Waals surface area contributed by atoms with Crippen LogP contribution in [0, 0.1) is 6.92 Å². The van der Waals surface area contributed by atoms with Crippen molar-refractivity contribution in [3.8, 4) is 11.1 Å². The largest absolute Gasteiger partial charge is 0.478 e.